The van der Waals surface area contributed by atoms with Gasteiger partial charge in [0.25, 0.3) is 0 Å². The Kier molecular flexibility index (Phi) is 6.88. The largest absolute Gasteiger partial charge is 0.486 e. The van der Waals surface area contributed by atoms with E-state index in [4.69, 9.17) is 15.1 Å². The maximum Gasteiger partial charge on any atom is 0.227 e. The number of ether oxygens (including phenoxy) is 1. The number of nitrogens with two attached hydrogens (primary N) is 1. The minimum atomic E-state index is 0.262. The third-order valence-corrected chi connectivity index (χ3v) is 6.52. The van der Waals surface area contributed by atoms with Crippen LogP contribution < -0.4 is 10.6 Å². The highest BCUT2D eigenvalue weighted by atomic mass is 32.2. The van der Waals surface area contributed by atoms with E-state index in [1.807, 2.05) is 29.6 Å². The van der Waals surface area contributed by atoms with Crippen LogP contribution in [-0.2, 0) is 13.0 Å². The van der Waals surface area contributed by atoms with Gasteiger partial charge in [0.15, 0.2) is 5.82 Å². The lowest BCUT2D eigenvalue weighted by Gasteiger charge is -2.08. The fraction of sp³-hybridized carbons (Fsp3) is 0.333. The molecule has 10 heteroatoms. The van der Waals surface area contributed by atoms with Gasteiger partial charge < -0.3 is 15.1 Å². The van der Waals surface area contributed by atoms with Crippen molar-refractivity contribution in [2.45, 2.75) is 44.4 Å². The fourth-order valence-electron chi connectivity index (χ4n) is 2.85. The second-order valence-corrected chi connectivity index (χ2v) is 9.23. The van der Waals surface area contributed by atoms with E-state index in [9.17, 15) is 0 Å². The van der Waals surface area contributed by atoms with Crippen molar-refractivity contribution in [2.75, 3.05) is 11.6 Å². The molecule has 162 valence electrons. The molecule has 0 saturated heterocycles. The second-order valence-electron chi connectivity index (χ2n) is 7.22. The summed E-state index contributed by atoms with van der Waals surface area (Å²) in [5.41, 5.74) is 1.27. The summed E-state index contributed by atoms with van der Waals surface area (Å²) >= 11 is 3.13. The summed E-state index contributed by atoms with van der Waals surface area (Å²) in [5.74, 6) is 10.1. The minimum absolute atomic E-state index is 0.262. The van der Waals surface area contributed by atoms with Gasteiger partial charge in [0.2, 0.25) is 16.9 Å². The van der Waals surface area contributed by atoms with Crippen LogP contribution in [0.2, 0.25) is 0 Å². The van der Waals surface area contributed by atoms with Gasteiger partial charge in [-0.15, -0.1) is 21.5 Å². The number of aryl methyl sites for hydroxylation is 1. The van der Waals surface area contributed by atoms with Crippen molar-refractivity contribution in [1.82, 2.24) is 25.0 Å². The normalized spacial score (nSPS) is 11.3. The highest BCUT2D eigenvalue weighted by Crippen LogP contribution is 2.23. The molecule has 0 aliphatic rings. The molecule has 0 radical (unpaired) electrons. The first-order valence-corrected chi connectivity index (χ1v) is 11.9. The SMILES string of the molecule is CC(C)c1ccc(OCc2nnc(SCCCc3nc(-c4cccs4)no3)n2N)cc1. The monoisotopic (exact) mass is 456 g/mol. The van der Waals surface area contributed by atoms with Crippen molar-refractivity contribution in [3.63, 3.8) is 0 Å². The molecule has 4 rings (SSSR count). The minimum Gasteiger partial charge on any atom is -0.486 e. The third kappa shape index (κ3) is 5.45. The number of benzene rings is 1. The van der Waals surface area contributed by atoms with E-state index in [1.165, 1.54) is 22.0 Å². The number of nitrogens with zero attached hydrogens (tertiary/aromatic N) is 5. The first-order valence-electron chi connectivity index (χ1n) is 10.0. The van der Waals surface area contributed by atoms with Crippen molar-refractivity contribution < 1.29 is 9.26 Å². The molecule has 0 bridgehead atoms. The van der Waals surface area contributed by atoms with Gasteiger partial charge in [0.1, 0.15) is 12.4 Å². The lowest BCUT2D eigenvalue weighted by Crippen LogP contribution is -2.15. The number of thioether (sulfide) groups is 1. The van der Waals surface area contributed by atoms with E-state index >= 15 is 0 Å². The molecule has 0 amide bonds. The van der Waals surface area contributed by atoms with Crippen molar-refractivity contribution in [1.29, 1.82) is 0 Å². The number of hydrogen-bond donors (Lipinski definition) is 1. The Morgan fingerprint density at radius 3 is 2.77 bits per heavy atom. The number of rotatable bonds is 10. The molecule has 8 nitrogen and oxygen atoms in total. The summed E-state index contributed by atoms with van der Waals surface area (Å²) in [4.78, 5) is 5.44. The smallest absolute Gasteiger partial charge is 0.227 e. The number of thiophene rings is 1. The van der Waals surface area contributed by atoms with Crippen molar-refractivity contribution in [2.24, 2.45) is 0 Å². The van der Waals surface area contributed by atoms with E-state index in [2.05, 4.69) is 46.3 Å². The molecule has 0 aliphatic heterocycles. The van der Waals surface area contributed by atoms with Crippen LogP contribution in [0, 0.1) is 0 Å². The first-order chi connectivity index (χ1) is 15.1. The van der Waals surface area contributed by atoms with Crippen LogP contribution in [0.25, 0.3) is 10.7 Å². The Labute approximate surface area is 188 Å². The van der Waals surface area contributed by atoms with E-state index in [-0.39, 0.29) is 6.61 Å². The topological polar surface area (TPSA) is 105 Å². The molecule has 4 aromatic rings. The van der Waals surface area contributed by atoms with Gasteiger partial charge >= 0.3 is 0 Å². The van der Waals surface area contributed by atoms with Crippen LogP contribution in [0.5, 0.6) is 5.75 Å². The van der Waals surface area contributed by atoms with Crippen LogP contribution in [0.4, 0.5) is 0 Å². The van der Waals surface area contributed by atoms with Gasteiger partial charge in [0.05, 0.1) is 4.88 Å². The second kappa shape index (κ2) is 9.97. The molecule has 31 heavy (non-hydrogen) atoms. The standard InChI is InChI=1S/C21H24N6O2S2/c1-14(2)15-7-9-16(10-8-15)28-13-18-24-25-21(27(18)22)31-12-4-6-19-23-20(26-29-19)17-5-3-11-30-17/h3,5,7-11,14H,4,6,12-13,22H2,1-2H3. The highest BCUT2D eigenvalue weighted by molar-refractivity contribution is 7.99. The quantitative estimate of drug-likeness (QED) is 0.211. The summed E-state index contributed by atoms with van der Waals surface area (Å²) in [6.07, 6.45) is 1.56. The molecule has 1 aromatic carbocycles. The van der Waals surface area contributed by atoms with Crippen molar-refractivity contribution in [3.8, 4) is 16.5 Å². The zero-order chi connectivity index (χ0) is 21.6. The molecule has 0 atom stereocenters. The van der Waals surface area contributed by atoms with Crippen molar-refractivity contribution >= 4 is 23.1 Å². The van der Waals surface area contributed by atoms with Crippen LogP contribution in [0.1, 0.15) is 43.5 Å². The Balaban J connectivity index is 1.23. The molecule has 0 aliphatic carbocycles. The van der Waals surface area contributed by atoms with E-state index in [1.54, 1.807) is 11.3 Å². The van der Waals surface area contributed by atoms with Gasteiger partial charge in [-0.25, -0.2) is 4.68 Å². The van der Waals surface area contributed by atoms with E-state index in [0.717, 1.165) is 22.8 Å². The zero-order valence-electron chi connectivity index (χ0n) is 17.4. The molecule has 0 fully saturated rings. The number of nitrogen functional groups attached to an aromatic ring is 1. The summed E-state index contributed by atoms with van der Waals surface area (Å²) in [7, 11) is 0. The molecule has 3 heterocycles. The molecular formula is C21H24N6O2S2. The van der Waals surface area contributed by atoms with Crippen LogP contribution in [-0.4, -0.2) is 30.8 Å². The van der Waals surface area contributed by atoms with E-state index in [0.29, 0.717) is 35.0 Å². The third-order valence-electron chi connectivity index (χ3n) is 4.63. The predicted octanol–water partition coefficient (Wildman–Crippen LogP) is 4.53. The molecule has 0 unspecified atom stereocenters. The lowest BCUT2D eigenvalue weighted by atomic mass is 10.0. The predicted molar refractivity (Wildman–Crippen MR) is 122 cm³/mol. The average molecular weight is 457 g/mol. The fourth-order valence-corrected chi connectivity index (χ4v) is 4.31. The van der Waals surface area contributed by atoms with Gasteiger partial charge in [-0.1, -0.05) is 49.0 Å². The highest BCUT2D eigenvalue weighted by Gasteiger charge is 2.12. The van der Waals surface area contributed by atoms with Gasteiger partial charge in [-0.2, -0.15) is 4.98 Å². The molecule has 0 saturated carbocycles. The average Bonchev–Trinajstić information content (AvgIpc) is 3.52. The maximum absolute atomic E-state index is 6.13. The number of aromatic nitrogens is 5. The van der Waals surface area contributed by atoms with Crippen LogP contribution >= 0.6 is 23.1 Å². The van der Waals surface area contributed by atoms with Gasteiger partial charge in [-0.05, 0) is 41.5 Å². The summed E-state index contributed by atoms with van der Waals surface area (Å²) in [6.45, 7) is 4.59. The van der Waals surface area contributed by atoms with Gasteiger partial charge in [0, 0.05) is 12.2 Å². The Bertz CT molecular complexity index is 1090. The van der Waals surface area contributed by atoms with Gasteiger partial charge in [-0.3, -0.25) is 0 Å². The number of hydrogen-bond acceptors (Lipinski definition) is 9. The Hall–Kier alpha value is -2.85. The maximum atomic E-state index is 6.13. The summed E-state index contributed by atoms with van der Waals surface area (Å²) < 4.78 is 12.6. The summed E-state index contributed by atoms with van der Waals surface area (Å²) in [6, 6.07) is 12.0. The molecular weight excluding hydrogens is 432 g/mol. The molecule has 3 aromatic heterocycles. The molecule has 0 spiro atoms. The first kappa shape index (κ1) is 21.4. The zero-order valence-corrected chi connectivity index (χ0v) is 19.0. The Morgan fingerprint density at radius 1 is 1.19 bits per heavy atom. The van der Waals surface area contributed by atoms with Crippen LogP contribution in [0.15, 0.2) is 51.5 Å². The van der Waals surface area contributed by atoms with Crippen LogP contribution in [0.3, 0.4) is 0 Å². The Morgan fingerprint density at radius 2 is 2.03 bits per heavy atom. The van der Waals surface area contributed by atoms with E-state index < -0.39 is 0 Å². The lowest BCUT2D eigenvalue weighted by molar-refractivity contribution is 0.291. The molecule has 2 N–H and O–H groups in total. The summed E-state index contributed by atoms with van der Waals surface area (Å²) in [5, 5.41) is 15.0. The van der Waals surface area contributed by atoms with Crippen molar-refractivity contribution in [3.05, 3.63) is 59.1 Å².